The van der Waals surface area contributed by atoms with E-state index in [0.29, 0.717) is 11.8 Å². The number of nitrogens with zero attached hydrogens (tertiary/aromatic N) is 1. The third-order valence-electron chi connectivity index (χ3n) is 5.77. The molecule has 3 heteroatoms. The van der Waals surface area contributed by atoms with Crippen molar-refractivity contribution in [3.05, 3.63) is 47.0 Å². The molecule has 0 N–H and O–H groups in total. The van der Waals surface area contributed by atoms with Crippen molar-refractivity contribution < 1.29 is 8.78 Å². The number of allylic oxidation sites excluding steroid dienone is 2. The first kappa shape index (κ1) is 16.2. The topological polar surface area (TPSA) is 23.8 Å². The quantitative estimate of drug-likeness (QED) is 0.641. The summed E-state index contributed by atoms with van der Waals surface area (Å²) in [6.07, 6.45) is 11.4. The van der Waals surface area contributed by atoms with Crippen LogP contribution in [0.2, 0.25) is 0 Å². The van der Waals surface area contributed by atoms with Gasteiger partial charge in [0.1, 0.15) is 23.3 Å². The Balaban J connectivity index is 1.72. The average molecular weight is 315 g/mol. The summed E-state index contributed by atoms with van der Waals surface area (Å²) in [5.74, 6) is 0.933. The first-order valence-electron chi connectivity index (χ1n) is 8.64. The minimum atomic E-state index is -0.721. The second-order valence-electron chi connectivity index (χ2n) is 7.10. The van der Waals surface area contributed by atoms with Crippen LogP contribution in [0.4, 0.5) is 8.78 Å². The van der Waals surface area contributed by atoms with Crippen LogP contribution in [0.5, 0.6) is 0 Å². The third kappa shape index (κ3) is 3.32. The molecule has 0 spiro atoms. The van der Waals surface area contributed by atoms with Crippen LogP contribution in [-0.2, 0) is 0 Å². The van der Waals surface area contributed by atoms with Gasteiger partial charge in [-0.3, -0.25) is 0 Å². The Hall–Kier alpha value is -1.69. The molecule has 0 radical (unpaired) electrons. The fourth-order valence-electron chi connectivity index (χ4n) is 4.61. The van der Waals surface area contributed by atoms with Crippen LogP contribution < -0.4 is 0 Å². The predicted molar refractivity (Wildman–Crippen MR) is 86.8 cm³/mol. The SMILES string of the molecule is CC=CC1CCC2CC(c3cc(F)c(C#N)c(F)c3)CCC2C1. The van der Waals surface area contributed by atoms with E-state index in [-0.39, 0.29) is 5.92 Å². The number of hydrogen-bond donors (Lipinski definition) is 0. The Labute approximate surface area is 137 Å². The molecule has 2 aliphatic rings. The van der Waals surface area contributed by atoms with E-state index in [9.17, 15) is 8.78 Å². The lowest BCUT2D eigenvalue weighted by atomic mass is 9.64. The summed E-state index contributed by atoms with van der Waals surface area (Å²) in [6, 6.07) is 4.35. The minimum Gasteiger partial charge on any atom is -0.205 e. The maximum Gasteiger partial charge on any atom is 0.144 e. The zero-order chi connectivity index (χ0) is 16.4. The van der Waals surface area contributed by atoms with Crippen molar-refractivity contribution in [1.29, 1.82) is 5.26 Å². The van der Waals surface area contributed by atoms with Crippen LogP contribution >= 0.6 is 0 Å². The zero-order valence-electron chi connectivity index (χ0n) is 13.6. The van der Waals surface area contributed by atoms with E-state index in [0.717, 1.165) is 30.7 Å². The molecular weight excluding hydrogens is 292 g/mol. The number of halogens is 2. The largest absolute Gasteiger partial charge is 0.205 e. The first-order chi connectivity index (χ1) is 11.1. The van der Waals surface area contributed by atoms with Crippen LogP contribution in [0.25, 0.3) is 0 Å². The Bertz CT molecular complexity index is 621. The fourth-order valence-corrected chi connectivity index (χ4v) is 4.61. The van der Waals surface area contributed by atoms with Gasteiger partial charge in [-0.1, -0.05) is 12.2 Å². The molecule has 122 valence electrons. The van der Waals surface area contributed by atoms with Gasteiger partial charge in [-0.05, 0) is 86.8 Å². The minimum absolute atomic E-state index is 0.228. The zero-order valence-corrected chi connectivity index (χ0v) is 13.6. The number of benzene rings is 1. The molecule has 1 aromatic carbocycles. The predicted octanol–water partition coefficient (Wildman–Crippen LogP) is 5.71. The van der Waals surface area contributed by atoms with Gasteiger partial charge in [-0.25, -0.2) is 8.78 Å². The van der Waals surface area contributed by atoms with Crippen molar-refractivity contribution in [1.82, 2.24) is 0 Å². The maximum atomic E-state index is 13.9. The van der Waals surface area contributed by atoms with E-state index in [1.54, 1.807) is 6.07 Å². The Kier molecular flexibility index (Phi) is 4.80. The molecule has 2 saturated carbocycles. The van der Waals surface area contributed by atoms with Gasteiger partial charge in [0.15, 0.2) is 0 Å². The lowest BCUT2D eigenvalue weighted by Gasteiger charge is -2.41. The van der Waals surface area contributed by atoms with E-state index in [1.165, 1.54) is 31.4 Å². The highest BCUT2D eigenvalue weighted by Crippen LogP contribution is 2.48. The molecule has 0 aliphatic heterocycles. The van der Waals surface area contributed by atoms with Gasteiger partial charge in [0, 0.05) is 0 Å². The molecule has 0 aromatic heterocycles. The lowest BCUT2D eigenvalue weighted by molar-refractivity contribution is 0.133. The van der Waals surface area contributed by atoms with E-state index in [4.69, 9.17) is 5.26 Å². The summed E-state index contributed by atoms with van der Waals surface area (Å²) < 4.78 is 27.7. The maximum absolute atomic E-state index is 13.9. The number of nitriles is 1. The molecule has 0 bridgehead atoms. The van der Waals surface area contributed by atoms with E-state index < -0.39 is 17.2 Å². The van der Waals surface area contributed by atoms with Crippen LogP contribution in [0.3, 0.4) is 0 Å². The molecule has 0 amide bonds. The molecule has 0 saturated heterocycles. The summed E-state index contributed by atoms with van der Waals surface area (Å²) in [5, 5.41) is 8.79. The van der Waals surface area contributed by atoms with Gasteiger partial charge in [0.05, 0.1) is 0 Å². The standard InChI is InChI=1S/C20H23F2N/c1-2-3-13-4-5-15-9-16(7-6-14(15)8-13)17-10-19(21)18(12-23)20(22)11-17/h2-3,10-11,13-16H,4-9H2,1H3. The average Bonchev–Trinajstić information content (AvgIpc) is 2.54. The Morgan fingerprint density at radius 3 is 2.35 bits per heavy atom. The van der Waals surface area contributed by atoms with Crippen molar-refractivity contribution in [3.63, 3.8) is 0 Å². The molecule has 2 fully saturated rings. The van der Waals surface area contributed by atoms with Gasteiger partial charge < -0.3 is 0 Å². The second-order valence-corrected chi connectivity index (χ2v) is 7.10. The lowest BCUT2D eigenvalue weighted by Crippen LogP contribution is -2.30. The van der Waals surface area contributed by atoms with Gasteiger partial charge >= 0.3 is 0 Å². The summed E-state index contributed by atoms with van der Waals surface area (Å²) in [7, 11) is 0. The van der Waals surface area contributed by atoms with Crippen molar-refractivity contribution >= 4 is 0 Å². The molecular formula is C20H23F2N. The van der Waals surface area contributed by atoms with Crippen molar-refractivity contribution in [2.75, 3.05) is 0 Å². The monoisotopic (exact) mass is 315 g/mol. The first-order valence-corrected chi connectivity index (χ1v) is 8.64. The van der Waals surface area contributed by atoms with Crippen LogP contribution in [0, 0.1) is 40.7 Å². The second kappa shape index (κ2) is 6.83. The molecule has 0 heterocycles. The Morgan fingerprint density at radius 1 is 1.04 bits per heavy atom. The summed E-state index contributed by atoms with van der Waals surface area (Å²) in [4.78, 5) is 0. The molecule has 1 nitrogen and oxygen atoms in total. The van der Waals surface area contributed by atoms with Gasteiger partial charge in [-0.2, -0.15) is 5.26 Å². The molecule has 1 aromatic rings. The van der Waals surface area contributed by atoms with Crippen LogP contribution in [-0.4, -0.2) is 0 Å². The van der Waals surface area contributed by atoms with Crippen molar-refractivity contribution in [2.24, 2.45) is 17.8 Å². The van der Waals surface area contributed by atoms with E-state index in [2.05, 4.69) is 19.1 Å². The number of fused-ring (bicyclic) bond motifs is 1. The van der Waals surface area contributed by atoms with Gasteiger partial charge in [0.25, 0.3) is 0 Å². The van der Waals surface area contributed by atoms with E-state index in [1.807, 2.05) is 0 Å². The van der Waals surface area contributed by atoms with Crippen molar-refractivity contribution in [3.8, 4) is 6.07 Å². The normalized spacial score (nSPS) is 30.9. The molecule has 4 atom stereocenters. The molecule has 23 heavy (non-hydrogen) atoms. The summed E-state index contributed by atoms with van der Waals surface area (Å²) in [5.41, 5.74) is 0.266. The molecule has 3 rings (SSSR count). The highest BCUT2D eigenvalue weighted by Gasteiger charge is 2.35. The summed E-state index contributed by atoms with van der Waals surface area (Å²) in [6.45, 7) is 2.08. The third-order valence-corrected chi connectivity index (χ3v) is 5.77. The van der Waals surface area contributed by atoms with E-state index >= 15 is 0 Å². The molecule has 2 aliphatic carbocycles. The van der Waals surface area contributed by atoms with Gasteiger partial charge in [0.2, 0.25) is 0 Å². The Morgan fingerprint density at radius 2 is 1.70 bits per heavy atom. The van der Waals surface area contributed by atoms with Crippen molar-refractivity contribution in [2.45, 2.75) is 51.4 Å². The molecule has 4 unspecified atom stereocenters. The smallest absolute Gasteiger partial charge is 0.144 e. The van der Waals surface area contributed by atoms with Gasteiger partial charge in [-0.15, -0.1) is 0 Å². The fraction of sp³-hybridized carbons (Fsp3) is 0.550. The van der Waals surface area contributed by atoms with Crippen LogP contribution in [0.15, 0.2) is 24.3 Å². The van der Waals surface area contributed by atoms with Crippen LogP contribution in [0.1, 0.15) is 62.5 Å². The highest BCUT2D eigenvalue weighted by molar-refractivity contribution is 5.36. The number of hydrogen-bond acceptors (Lipinski definition) is 1. The number of rotatable bonds is 2. The summed E-state index contributed by atoms with van der Waals surface area (Å²) >= 11 is 0. The highest BCUT2D eigenvalue weighted by atomic mass is 19.1.